The molecule has 3 heterocycles. The van der Waals surface area contributed by atoms with Crippen LogP contribution in [0.4, 0.5) is 11.4 Å². The van der Waals surface area contributed by atoms with E-state index < -0.39 is 0 Å². The first-order valence-corrected chi connectivity index (χ1v) is 11.5. The molecular formula is C23H34N4S. The quantitative estimate of drug-likeness (QED) is 0.778. The SMILES string of the molecule is CC.CCCCN1C(N2CCN(C)CC2)=c2cc(C)sc2=Nc2ccccc21. The van der Waals surface area contributed by atoms with Gasteiger partial charge >= 0.3 is 0 Å². The molecule has 1 aromatic heterocycles. The number of thiophene rings is 1. The van der Waals surface area contributed by atoms with Gasteiger partial charge in [-0.1, -0.05) is 39.3 Å². The third-order valence-corrected chi connectivity index (χ3v) is 6.21. The van der Waals surface area contributed by atoms with Gasteiger partial charge < -0.3 is 14.7 Å². The Labute approximate surface area is 173 Å². The lowest BCUT2D eigenvalue weighted by Gasteiger charge is -2.40. The Morgan fingerprint density at radius 3 is 2.50 bits per heavy atom. The van der Waals surface area contributed by atoms with Crippen LogP contribution in [-0.2, 0) is 0 Å². The average molecular weight is 399 g/mol. The molecule has 1 aromatic carbocycles. The maximum Gasteiger partial charge on any atom is 0.127 e. The topological polar surface area (TPSA) is 22.1 Å². The summed E-state index contributed by atoms with van der Waals surface area (Å²) in [6.45, 7) is 13.9. The average Bonchev–Trinajstić information content (AvgIpc) is 3.02. The Morgan fingerprint density at radius 2 is 1.79 bits per heavy atom. The molecule has 4 nitrogen and oxygen atoms in total. The lowest BCUT2D eigenvalue weighted by Crippen LogP contribution is -2.49. The lowest BCUT2D eigenvalue weighted by atomic mass is 10.2. The summed E-state index contributed by atoms with van der Waals surface area (Å²) in [5.74, 6) is 1.36. The molecule has 0 saturated carbocycles. The molecule has 0 unspecified atom stereocenters. The predicted molar refractivity (Wildman–Crippen MR) is 122 cm³/mol. The number of hydrogen-bond donors (Lipinski definition) is 0. The molecule has 0 N–H and O–H groups in total. The Balaban J connectivity index is 0.00000109. The van der Waals surface area contributed by atoms with Gasteiger partial charge in [-0.05, 0) is 38.6 Å². The van der Waals surface area contributed by atoms with E-state index in [1.54, 1.807) is 0 Å². The number of fused-ring (bicyclic) bond motifs is 2. The molecule has 152 valence electrons. The molecule has 2 aliphatic rings. The van der Waals surface area contributed by atoms with E-state index in [2.05, 4.69) is 65.9 Å². The molecule has 0 amide bonds. The van der Waals surface area contributed by atoms with E-state index in [1.807, 2.05) is 25.2 Å². The fourth-order valence-electron chi connectivity index (χ4n) is 3.80. The van der Waals surface area contributed by atoms with Gasteiger partial charge in [0, 0.05) is 37.6 Å². The maximum atomic E-state index is 5.06. The van der Waals surface area contributed by atoms with Crippen molar-refractivity contribution in [3.8, 4) is 0 Å². The summed E-state index contributed by atoms with van der Waals surface area (Å²) in [6.07, 6.45) is 2.38. The van der Waals surface area contributed by atoms with E-state index in [0.717, 1.165) is 43.1 Å². The van der Waals surface area contributed by atoms with Crippen molar-refractivity contribution in [3.63, 3.8) is 0 Å². The number of benzene rings is 1. The van der Waals surface area contributed by atoms with Crippen LogP contribution < -0.4 is 14.8 Å². The molecule has 4 rings (SSSR count). The normalized spacial score (nSPS) is 16.5. The molecule has 0 aliphatic carbocycles. The van der Waals surface area contributed by atoms with Gasteiger partial charge in [0.25, 0.3) is 0 Å². The van der Waals surface area contributed by atoms with Crippen molar-refractivity contribution in [1.82, 2.24) is 9.80 Å². The molecule has 0 spiro atoms. The Kier molecular flexibility index (Phi) is 7.13. The highest BCUT2D eigenvalue weighted by Crippen LogP contribution is 2.33. The highest BCUT2D eigenvalue weighted by atomic mass is 32.1. The Bertz CT molecular complexity index is 894. The summed E-state index contributed by atoms with van der Waals surface area (Å²) in [5, 5.41) is 1.31. The zero-order valence-corrected chi connectivity index (χ0v) is 18.9. The molecule has 0 bridgehead atoms. The van der Waals surface area contributed by atoms with Crippen molar-refractivity contribution in [3.05, 3.63) is 45.1 Å². The number of piperazine rings is 1. The Morgan fingerprint density at radius 1 is 1.07 bits per heavy atom. The van der Waals surface area contributed by atoms with Gasteiger partial charge in [-0.25, -0.2) is 4.99 Å². The van der Waals surface area contributed by atoms with Crippen LogP contribution in [0.1, 0.15) is 38.5 Å². The first-order chi connectivity index (χ1) is 13.7. The third kappa shape index (κ3) is 4.26. The largest absolute Gasteiger partial charge is 0.355 e. The fraction of sp³-hybridized carbons (Fsp3) is 0.522. The number of aryl methyl sites for hydroxylation is 1. The molecule has 2 aliphatic heterocycles. The van der Waals surface area contributed by atoms with E-state index in [1.165, 1.54) is 34.4 Å². The third-order valence-electron chi connectivity index (χ3n) is 5.26. The molecule has 1 fully saturated rings. The van der Waals surface area contributed by atoms with Crippen molar-refractivity contribution in [2.75, 3.05) is 44.7 Å². The van der Waals surface area contributed by atoms with Crippen LogP contribution in [0.2, 0.25) is 0 Å². The zero-order valence-electron chi connectivity index (χ0n) is 18.0. The molecule has 0 atom stereocenters. The van der Waals surface area contributed by atoms with Crippen molar-refractivity contribution in [2.45, 2.75) is 40.5 Å². The van der Waals surface area contributed by atoms with E-state index in [0.29, 0.717) is 0 Å². The first-order valence-electron chi connectivity index (χ1n) is 10.7. The maximum absolute atomic E-state index is 5.06. The smallest absolute Gasteiger partial charge is 0.127 e. The molecular weight excluding hydrogens is 364 g/mol. The minimum absolute atomic E-state index is 1.04. The number of unbranched alkanes of at least 4 members (excludes halogenated alkanes) is 1. The van der Waals surface area contributed by atoms with Crippen molar-refractivity contribution in [1.29, 1.82) is 0 Å². The van der Waals surface area contributed by atoms with E-state index in [9.17, 15) is 0 Å². The second-order valence-electron chi connectivity index (χ2n) is 7.30. The van der Waals surface area contributed by atoms with E-state index in [4.69, 9.17) is 4.99 Å². The number of nitrogens with zero attached hydrogens (tertiary/aromatic N) is 4. The minimum atomic E-state index is 1.04. The van der Waals surface area contributed by atoms with Crippen LogP contribution in [0, 0.1) is 6.92 Å². The Hall–Kier alpha value is -1.85. The van der Waals surface area contributed by atoms with Crippen molar-refractivity contribution >= 4 is 28.5 Å². The number of rotatable bonds is 4. The number of para-hydroxylation sites is 2. The first kappa shape index (κ1) is 20.9. The fourth-order valence-corrected chi connectivity index (χ4v) is 4.69. The van der Waals surface area contributed by atoms with Crippen LogP contribution in [-0.4, -0.2) is 49.6 Å². The van der Waals surface area contributed by atoms with Crippen LogP contribution in [0.5, 0.6) is 0 Å². The monoisotopic (exact) mass is 398 g/mol. The zero-order chi connectivity index (χ0) is 20.1. The standard InChI is InChI=1S/C21H28N4S.C2H6/c1-4-5-10-25-19-9-7-6-8-18(19)22-20-17(15-16(2)26-20)21(25)24-13-11-23(3)12-14-24;1-2/h6-9,15H,4-5,10-14H2,1-3H3;1-2H3. The summed E-state index contributed by atoms with van der Waals surface area (Å²) < 4.78 is 1.16. The molecule has 1 saturated heterocycles. The van der Waals surface area contributed by atoms with Crippen LogP contribution in [0.15, 0.2) is 35.3 Å². The molecule has 5 heteroatoms. The summed E-state index contributed by atoms with van der Waals surface area (Å²) in [7, 11) is 2.22. The lowest BCUT2D eigenvalue weighted by molar-refractivity contribution is 0.203. The molecule has 2 aromatic rings. The second kappa shape index (κ2) is 9.57. The number of hydrogen-bond acceptors (Lipinski definition) is 5. The second-order valence-corrected chi connectivity index (χ2v) is 8.53. The van der Waals surface area contributed by atoms with Crippen LogP contribution in [0.25, 0.3) is 5.82 Å². The van der Waals surface area contributed by atoms with Gasteiger partial charge in [-0.2, -0.15) is 0 Å². The van der Waals surface area contributed by atoms with Gasteiger partial charge in [0.05, 0.1) is 16.6 Å². The van der Waals surface area contributed by atoms with E-state index >= 15 is 0 Å². The van der Waals surface area contributed by atoms with Gasteiger partial charge in [0.2, 0.25) is 0 Å². The molecule has 0 radical (unpaired) electrons. The highest BCUT2D eigenvalue weighted by Gasteiger charge is 2.26. The van der Waals surface area contributed by atoms with Gasteiger partial charge in [0.15, 0.2) is 0 Å². The van der Waals surface area contributed by atoms with Crippen LogP contribution in [0.3, 0.4) is 0 Å². The summed E-state index contributed by atoms with van der Waals surface area (Å²) in [4.78, 5) is 13.9. The number of anilines is 1. The van der Waals surface area contributed by atoms with E-state index in [-0.39, 0.29) is 0 Å². The summed E-state index contributed by atoms with van der Waals surface area (Å²) in [5.41, 5.74) is 2.34. The van der Waals surface area contributed by atoms with Crippen molar-refractivity contribution < 1.29 is 0 Å². The van der Waals surface area contributed by atoms with Gasteiger partial charge in [0.1, 0.15) is 10.5 Å². The highest BCUT2D eigenvalue weighted by molar-refractivity contribution is 7.09. The summed E-state index contributed by atoms with van der Waals surface area (Å²) in [6, 6.07) is 11.0. The minimum Gasteiger partial charge on any atom is -0.355 e. The van der Waals surface area contributed by atoms with Crippen LogP contribution >= 0.6 is 11.3 Å². The molecule has 28 heavy (non-hydrogen) atoms. The van der Waals surface area contributed by atoms with Gasteiger partial charge in [-0.3, -0.25) is 0 Å². The van der Waals surface area contributed by atoms with Crippen molar-refractivity contribution in [2.24, 2.45) is 4.99 Å². The number of likely N-dealkylation sites (N-methyl/N-ethyl adjacent to an activating group) is 1. The predicted octanol–water partition coefficient (Wildman–Crippen LogP) is 3.97. The summed E-state index contributed by atoms with van der Waals surface area (Å²) >= 11 is 1.81. The van der Waals surface area contributed by atoms with Gasteiger partial charge in [-0.15, -0.1) is 11.3 Å².